The highest BCUT2D eigenvalue weighted by molar-refractivity contribution is 6.31. The molecule has 0 saturated carbocycles. The molecule has 4 heteroatoms. The minimum absolute atomic E-state index is 0.520. The summed E-state index contributed by atoms with van der Waals surface area (Å²) in [5.41, 5.74) is 15.7. The number of hydrogen-bond donors (Lipinski definition) is 0. The van der Waals surface area contributed by atoms with Gasteiger partial charge in [0.05, 0.1) is 44.2 Å². The lowest BCUT2D eigenvalue weighted by atomic mass is 9.67. The van der Waals surface area contributed by atoms with Crippen LogP contribution >= 0.6 is 0 Å². The van der Waals surface area contributed by atoms with E-state index in [1.807, 2.05) is 0 Å². The van der Waals surface area contributed by atoms with Crippen molar-refractivity contribution >= 4 is 70.8 Å². The summed E-state index contributed by atoms with van der Waals surface area (Å²) < 4.78 is 4.78. The third-order valence-corrected chi connectivity index (χ3v) is 13.5. The number of fused-ring (bicyclic) bond motifs is 9. The smallest absolute Gasteiger partial charge is 0.235 e. The van der Waals surface area contributed by atoms with E-state index < -0.39 is 5.41 Å². The third kappa shape index (κ3) is 4.18. The summed E-state index contributed by atoms with van der Waals surface area (Å²) in [7, 11) is 0. The molecule has 4 heterocycles. The first-order valence-electron chi connectivity index (χ1n) is 21.0. The highest BCUT2D eigenvalue weighted by Gasteiger charge is 2.46. The van der Waals surface area contributed by atoms with E-state index in [2.05, 4.69) is 215 Å². The van der Waals surface area contributed by atoms with Crippen LogP contribution in [0.5, 0.6) is 0 Å². The van der Waals surface area contributed by atoms with E-state index in [4.69, 9.17) is 9.97 Å². The Bertz CT molecular complexity index is 3890. The first-order valence-corrected chi connectivity index (χ1v) is 21.0. The molecule has 4 aromatic heterocycles. The maximum Gasteiger partial charge on any atom is 0.235 e. The van der Waals surface area contributed by atoms with Crippen molar-refractivity contribution < 1.29 is 0 Å². The Kier molecular flexibility index (Phi) is 6.46. The number of hydrogen-bond acceptors (Lipinski definition) is 2. The normalized spacial score (nSPS) is 13.4. The van der Waals surface area contributed by atoms with E-state index in [1.165, 1.54) is 82.2 Å². The summed E-state index contributed by atoms with van der Waals surface area (Å²) in [5.74, 6) is 0.653. The molecular weight excluding hydrogens is 741 g/mol. The Labute approximate surface area is 350 Å². The van der Waals surface area contributed by atoms with Crippen LogP contribution in [0.4, 0.5) is 0 Å². The summed E-state index contributed by atoms with van der Waals surface area (Å²) in [5, 5.41) is 8.42. The monoisotopic (exact) mass is 774 g/mol. The summed E-state index contributed by atoms with van der Waals surface area (Å²) in [6.07, 6.45) is 0. The van der Waals surface area contributed by atoms with Crippen LogP contribution in [-0.2, 0) is 5.41 Å². The summed E-state index contributed by atoms with van der Waals surface area (Å²) >= 11 is 0. The Hall–Kier alpha value is -8.08. The third-order valence-electron chi connectivity index (χ3n) is 13.5. The van der Waals surface area contributed by atoms with E-state index in [0.717, 1.165) is 33.2 Å². The predicted octanol–water partition coefficient (Wildman–Crippen LogP) is 13.9. The zero-order chi connectivity index (χ0) is 39.8. The van der Waals surface area contributed by atoms with E-state index in [9.17, 15) is 0 Å². The van der Waals surface area contributed by atoms with Crippen LogP contribution in [0.1, 0.15) is 22.3 Å². The van der Waals surface area contributed by atoms with Gasteiger partial charge in [-0.15, -0.1) is 0 Å². The first kappa shape index (κ1) is 32.8. The Morgan fingerprint density at radius 3 is 1.77 bits per heavy atom. The van der Waals surface area contributed by atoms with E-state index >= 15 is 0 Å². The molecule has 0 aliphatic heterocycles. The molecule has 1 aliphatic rings. The van der Waals surface area contributed by atoms with Gasteiger partial charge in [0.15, 0.2) is 0 Å². The number of aromatic nitrogens is 4. The minimum atomic E-state index is -0.520. The molecule has 61 heavy (non-hydrogen) atoms. The summed E-state index contributed by atoms with van der Waals surface area (Å²) in [6, 6.07) is 75.3. The van der Waals surface area contributed by atoms with Gasteiger partial charge in [0.1, 0.15) is 0 Å². The van der Waals surface area contributed by atoms with Gasteiger partial charge in [-0.25, -0.2) is 9.97 Å². The summed E-state index contributed by atoms with van der Waals surface area (Å²) in [4.78, 5) is 11.1. The SMILES string of the molecule is c1ccc(C2(c3ccccc3)c3ccccc3-c3ccc(-c4nc(-n5c6cccc7c8cccc9c%10ccccc%10n(c%10cccc5c%10c76)c89)nc5ccccc45)cc32)cc1. The number of benzene rings is 9. The minimum Gasteiger partial charge on any atom is -0.308 e. The fraction of sp³-hybridized carbons (Fsp3) is 0.0175. The lowest BCUT2D eigenvalue weighted by molar-refractivity contribution is 0.768. The van der Waals surface area contributed by atoms with Crippen molar-refractivity contribution in [3.63, 3.8) is 0 Å². The van der Waals surface area contributed by atoms with Gasteiger partial charge in [-0.1, -0.05) is 170 Å². The van der Waals surface area contributed by atoms with Crippen LogP contribution in [0.25, 0.3) is 99.1 Å². The van der Waals surface area contributed by atoms with Gasteiger partial charge in [0, 0.05) is 37.9 Å². The average molecular weight is 775 g/mol. The molecular formula is C57H34N4. The van der Waals surface area contributed by atoms with E-state index in [1.54, 1.807) is 0 Å². The molecule has 0 fully saturated rings. The fourth-order valence-electron chi connectivity index (χ4n) is 11.2. The topological polar surface area (TPSA) is 35.1 Å². The zero-order valence-electron chi connectivity index (χ0n) is 32.9. The number of para-hydroxylation sites is 3. The molecule has 0 saturated heterocycles. The van der Waals surface area contributed by atoms with Gasteiger partial charge in [0.2, 0.25) is 5.95 Å². The number of nitrogens with zero attached hydrogens (tertiary/aromatic N) is 4. The molecule has 1 aliphatic carbocycles. The molecule has 0 atom stereocenters. The first-order chi connectivity index (χ1) is 30.3. The molecule has 0 amide bonds. The molecule has 9 aromatic carbocycles. The summed E-state index contributed by atoms with van der Waals surface area (Å²) in [6.45, 7) is 0. The molecule has 14 rings (SSSR count). The molecule has 13 aromatic rings. The van der Waals surface area contributed by atoms with Crippen molar-refractivity contribution in [3.05, 3.63) is 229 Å². The second-order valence-electron chi connectivity index (χ2n) is 16.4. The van der Waals surface area contributed by atoms with Crippen molar-refractivity contribution in [2.24, 2.45) is 0 Å². The molecule has 0 radical (unpaired) electrons. The van der Waals surface area contributed by atoms with Crippen LogP contribution in [0.3, 0.4) is 0 Å². The van der Waals surface area contributed by atoms with Gasteiger partial charge >= 0.3 is 0 Å². The molecule has 0 spiro atoms. The largest absolute Gasteiger partial charge is 0.308 e. The molecule has 0 N–H and O–H groups in total. The zero-order valence-corrected chi connectivity index (χ0v) is 32.9. The van der Waals surface area contributed by atoms with Crippen LogP contribution < -0.4 is 0 Å². The molecule has 4 nitrogen and oxygen atoms in total. The lowest BCUT2D eigenvalue weighted by Gasteiger charge is -2.34. The highest BCUT2D eigenvalue weighted by atomic mass is 15.2. The van der Waals surface area contributed by atoms with Gasteiger partial charge < -0.3 is 4.40 Å². The van der Waals surface area contributed by atoms with Crippen molar-refractivity contribution in [3.8, 4) is 28.3 Å². The van der Waals surface area contributed by atoms with Crippen LogP contribution in [-0.4, -0.2) is 18.9 Å². The quantitative estimate of drug-likeness (QED) is 0.178. The van der Waals surface area contributed by atoms with Gasteiger partial charge in [-0.3, -0.25) is 4.57 Å². The van der Waals surface area contributed by atoms with Crippen LogP contribution in [0.15, 0.2) is 206 Å². The predicted molar refractivity (Wildman–Crippen MR) is 251 cm³/mol. The van der Waals surface area contributed by atoms with Crippen molar-refractivity contribution in [2.45, 2.75) is 5.41 Å². The second kappa shape index (κ2) is 12.0. The van der Waals surface area contributed by atoms with Crippen LogP contribution in [0, 0.1) is 0 Å². The lowest BCUT2D eigenvalue weighted by Crippen LogP contribution is -2.28. The van der Waals surface area contributed by atoms with Crippen molar-refractivity contribution in [2.75, 3.05) is 0 Å². The Morgan fingerprint density at radius 1 is 0.377 bits per heavy atom. The molecule has 282 valence electrons. The van der Waals surface area contributed by atoms with Gasteiger partial charge in [-0.05, 0) is 75.2 Å². The van der Waals surface area contributed by atoms with Crippen molar-refractivity contribution in [1.29, 1.82) is 0 Å². The standard InChI is InChI=1S/C57H34N4/c1-3-16-36(17-4-1)57(37-18-5-2-6-19-37)45-26-10-7-20-38(45)39-33-32-35(34-46(39)57)54-44-22-8-11-27-47(44)58-56(59-54)61-49-29-14-23-41-43-25-13-24-42-40-21-9-12-28-48(40)60(55(42)43)50-30-15-31-51(61)53(50)52(41)49/h1-34H. The fourth-order valence-corrected chi connectivity index (χ4v) is 11.2. The Balaban J connectivity index is 1.08. The van der Waals surface area contributed by atoms with Gasteiger partial charge in [-0.2, -0.15) is 0 Å². The van der Waals surface area contributed by atoms with Gasteiger partial charge in [0.25, 0.3) is 0 Å². The second-order valence-corrected chi connectivity index (χ2v) is 16.4. The molecule has 0 unspecified atom stereocenters. The average Bonchev–Trinajstić information content (AvgIpc) is 3.93. The van der Waals surface area contributed by atoms with Crippen molar-refractivity contribution in [1.82, 2.24) is 18.9 Å². The maximum atomic E-state index is 5.65. The number of rotatable bonds is 4. The van der Waals surface area contributed by atoms with E-state index in [-0.39, 0.29) is 0 Å². The Morgan fingerprint density at radius 2 is 0.951 bits per heavy atom. The highest BCUT2D eigenvalue weighted by Crippen LogP contribution is 2.57. The maximum absolute atomic E-state index is 5.65. The van der Waals surface area contributed by atoms with E-state index in [0.29, 0.717) is 5.95 Å². The van der Waals surface area contributed by atoms with Crippen LogP contribution in [0.2, 0.25) is 0 Å². The molecule has 0 bridgehead atoms.